The zero-order valence-corrected chi connectivity index (χ0v) is 21.8. The Morgan fingerprint density at radius 2 is 1.66 bits per heavy atom. The van der Waals surface area contributed by atoms with Crippen LogP contribution in [0.4, 0.5) is 10.8 Å². The molecule has 4 rings (SSSR count). The van der Waals surface area contributed by atoms with Crippen molar-refractivity contribution in [1.82, 2.24) is 10.2 Å². The van der Waals surface area contributed by atoms with Crippen LogP contribution in [0.2, 0.25) is 10.0 Å². The molecule has 1 amide bonds. The molecule has 0 fully saturated rings. The van der Waals surface area contributed by atoms with Crippen LogP contribution in [0.15, 0.2) is 71.6 Å². The summed E-state index contributed by atoms with van der Waals surface area (Å²) in [6.07, 6.45) is 0. The molecule has 0 atom stereocenters. The van der Waals surface area contributed by atoms with Gasteiger partial charge in [-0.1, -0.05) is 70.4 Å². The molecule has 4 aromatic rings. The monoisotopic (exact) mass is 546 g/mol. The quantitative estimate of drug-likeness (QED) is 0.308. The van der Waals surface area contributed by atoms with E-state index in [1.165, 1.54) is 29.5 Å². The minimum absolute atomic E-state index is 0.0635. The number of halogens is 2. The Hall–Kier alpha value is -2.98. The smallest absolute Gasteiger partial charge is 0.264 e. The van der Waals surface area contributed by atoms with Crippen molar-refractivity contribution in [3.05, 3.63) is 87.9 Å². The minimum Gasteiger partial charge on any atom is -0.299 e. The third-order valence-electron chi connectivity index (χ3n) is 5.10. The van der Waals surface area contributed by atoms with Crippen LogP contribution >= 0.6 is 34.5 Å². The first-order valence-corrected chi connectivity index (χ1v) is 13.4. The molecule has 0 radical (unpaired) electrons. The van der Waals surface area contributed by atoms with E-state index in [-0.39, 0.29) is 15.7 Å². The van der Waals surface area contributed by atoms with Gasteiger partial charge in [0.05, 0.1) is 10.6 Å². The van der Waals surface area contributed by atoms with E-state index in [0.29, 0.717) is 15.1 Å². The number of aromatic nitrogens is 2. The van der Waals surface area contributed by atoms with Crippen molar-refractivity contribution < 1.29 is 13.2 Å². The van der Waals surface area contributed by atoms with Crippen LogP contribution in [0.5, 0.6) is 0 Å². The molecule has 3 aromatic carbocycles. The largest absolute Gasteiger partial charge is 0.299 e. The van der Waals surface area contributed by atoms with Gasteiger partial charge in [0.25, 0.3) is 10.0 Å². The fraction of sp³-hybridized carbons (Fsp3) is 0.125. The predicted octanol–water partition coefficient (Wildman–Crippen LogP) is 5.96. The summed E-state index contributed by atoms with van der Waals surface area (Å²) >= 11 is 13.4. The first-order valence-electron chi connectivity index (χ1n) is 10.4. The van der Waals surface area contributed by atoms with Crippen molar-refractivity contribution >= 4 is 61.3 Å². The maximum atomic E-state index is 13.5. The van der Waals surface area contributed by atoms with Gasteiger partial charge in [0.2, 0.25) is 11.0 Å². The van der Waals surface area contributed by atoms with Crippen molar-refractivity contribution in [3.8, 4) is 10.6 Å². The maximum Gasteiger partial charge on any atom is 0.264 e. The summed E-state index contributed by atoms with van der Waals surface area (Å²) < 4.78 is 28.1. The van der Waals surface area contributed by atoms with E-state index in [9.17, 15) is 13.2 Å². The van der Waals surface area contributed by atoms with Gasteiger partial charge in [-0.3, -0.25) is 14.4 Å². The number of hydrogen-bond acceptors (Lipinski definition) is 6. The zero-order chi connectivity index (χ0) is 25.2. The number of sulfonamides is 1. The fourth-order valence-corrected chi connectivity index (χ4v) is 5.64. The molecule has 1 heterocycles. The van der Waals surface area contributed by atoms with Crippen LogP contribution in [-0.4, -0.2) is 31.1 Å². The molecule has 0 unspecified atom stereocenters. The zero-order valence-electron chi connectivity index (χ0n) is 18.7. The number of hydrogen-bond donors (Lipinski definition) is 1. The van der Waals surface area contributed by atoms with Crippen LogP contribution in [-0.2, 0) is 14.8 Å². The molecule has 1 N–H and O–H groups in total. The lowest BCUT2D eigenvalue weighted by Gasteiger charge is -2.24. The Morgan fingerprint density at radius 3 is 2.31 bits per heavy atom. The third kappa shape index (κ3) is 5.82. The Kier molecular flexibility index (Phi) is 7.42. The Balaban J connectivity index is 1.60. The molecule has 11 heteroatoms. The van der Waals surface area contributed by atoms with Crippen LogP contribution < -0.4 is 9.62 Å². The van der Waals surface area contributed by atoms with E-state index < -0.39 is 22.5 Å². The van der Waals surface area contributed by atoms with Gasteiger partial charge in [0, 0.05) is 15.6 Å². The molecule has 0 bridgehead atoms. The summed E-state index contributed by atoms with van der Waals surface area (Å²) in [7, 11) is -4.06. The van der Waals surface area contributed by atoms with E-state index in [1.54, 1.807) is 48.5 Å². The molecular weight excluding hydrogens is 527 g/mol. The van der Waals surface area contributed by atoms with Gasteiger partial charge in [-0.25, -0.2) is 8.42 Å². The lowest BCUT2D eigenvalue weighted by molar-refractivity contribution is -0.114. The van der Waals surface area contributed by atoms with Crippen molar-refractivity contribution in [2.24, 2.45) is 0 Å². The number of aryl methyl sites for hydroxylation is 2. The SMILES string of the molecule is Cc1ccc(S(=O)(=O)N(CC(=O)Nc2nnc(-c3ccc(Cl)cc3)s2)c2ccc(C)c(Cl)c2)cc1. The third-order valence-corrected chi connectivity index (χ3v) is 8.44. The predicted molar refractivity (Wildman–Crippen MR) is 141 cm³/mol. The number of carbonyl (C=O) groups is 1. The van der Waals surface area contributed by atoms with E-state index in [2.05, 4.69) is 15.5 Å². The van der Waals surface area contributed by atoms with Gasteiger partial charge in [0.15, 0.2) is 0 Å². The molecule has 1 aromatic heterocycles. The van der Waals surface area contributed by atoms with Gasteiger partial charge >= 0.3 is 0 Å². The summed E-state index contributed by atoms with van der Waals surface area (Å²) in [5.41, 5.74) is 2.77. The average molecular weight is 547 g/mol. The number of rotatable bonds is 7. The lowest BCUT2D eigenvalue weighted by atomic mass is 10.2. The van der Waals surface area contributed by atoms with Crippen molar-refractivity contribution in [3.63, 3.8) is 0 Å². The summed E-state index contributed by atoms with van der Waals surface area (Å²) in [6.45, 7) is 3.19. The number of anilines is 2. The molecular formula is C24H20Cl2N4O3S2. The van der Waals surface area contributed by atoms with Gasteiger partial charge in [-0.05, 0) is 55.8 Å². The van der Waals surface area contributed by atoms with Crippen LogP contribution in [0.25, 0.3) is 10.6 Å². The summed E-state index contributed by atoms with van der Waals surface area (Å²) in [5.74, 6) is -0.573. The van der Waals surface area contributed by atoms with Crippen molar-refractivity contribution in [2.45, 2.75) is 18.7 Å². The number of benzene rings is 3. The number of carbonyl (C=O) groups excluding carboxylic acids is 1. The summed E-state index contributed by atoms with van der Waals surface area (Å²) in [5, 5.41) is 12.6. The normalized spacial score (nSPS) is 11.3. The first kappa shape index (κ1) is 25.1. The van der Waals surface area contributed by atoms with E-state index in [4.69, 9.17) is 23.2 Å². The topological polar surface area (TPSA) is 92.3 Å². The molecule has 7 nitrogen and oxygen atoms in total. The second-order valence-electron chi connectivity index (χ2n) is 7.73. The van der Waals surface area contributed by atoms with Crippen molar-refractivity contribution in [2.75, 3.05) is 16.2 Å². The molecule has 0 aliphatic rings. The maximum absolute atomic E-state index is 13.5. The van der Waals surface area contributed by atoms with E-state index in [0.717, 1.165) is 21.0 Å². The molecule has 0 saturated carbocycles. The number of amides is 1. The Labute approximate surface area is 217 Å². The van der Waals surface area contributed by atoms with Gasteiger partial charge < -0.3 is 0 Å². The van der Waals surface area contributed by atoms with E-state index in [1.807, 2.05) is 13.8 Å². The molecule has 180 valence electrons. The van der Waals surface area contributed by atoms with Crippen molar-refractivity contribution in [1.29, 1.82) is 0 Å². The van der Waals surface area contributed by atoms with Crippen LogP contribution in [0.1, 0.15) is 11.1 Å². The first-order chi connectivity index (χ1) is 16.6. The number of nitrogens with one attached hydrogen (secondary N) is 1. The summed E-state index contributed by atoms with van der Waals surface area (Å²) in [4.78, 5) is 13.0. The second kappa shape index (κ2) is 10.3. The number of nitrogens with zero attached hydrogens (tertiary/aromatic N) is 3. The molecule has 0 saturated heterocycles. The minimum atomic E-state index is -4.06. The summed E-state index contributed by atoms with van der Waals surface area (Å²) in [6, 6.07) is 18.3. The van der Waals surface area contributed by atoms with Gasteiger partial charge in [-0.2, -0.15) is 0 Å². The highest BCUT2D eigenvalue weighted by atomic mass is 35.5. The van der Waals surface area contributed by atoms with Crippen LogP contribution in [0, 0.1) is 13.8 Å². The molecule has 0 spiro atoms. The van der Waals surface area contributed by atoms with Gasteiger partial charge in [0.1, 0.15) is 11.6 Å². The molecule has 0 aliphatic carbocycles. The molecule has 35 heavy (non-hydrogen) atoms. The average Bonchev–Trinajstić information content (AvgIpc) is 3.28. The lowest BCUT2D eigenvalue weighted by Crippen LogP contribution is -2.38. The van der Waals surface area contributed by atoms with Gasteiger partial charge in [-0.15, -0.1) is 10.2 Å². The Bertz CT molecular complexity index is 1470. The fourth-order valence-electron chi connectivity index (χ4n) is 3.16. The molecule has 0 aliphatic heterocycles. The van der Waals surface area contributed by atoms with E-state index >= 15 is 0 Å². The Morgan fingerprint density at radius 1 is 0.971 bits per heavy atom. The van der Waals surface area contributed by atoms with Crippen LogP contribution in [0.3, 0.4) is 0 Å². The highest BCUT2D eigenvalue weighted by molar-refractivity contribution is 7.92. The second-order valence-corrected chi connectivity index (χ2v) is 11.4. The highest BCUT2D eigenvalue weighted by Crippen LogP contribution is 2.30. The highest BCUT2D eigenvalue weighted by Gasteiger charge is 2.28. The standard InChI is InChI=1S/C24H20Cl2N4O3S2/c1-15-3-11-20(12-4-15)35(32,33)30(19-10-5-16(2)21(26)13-19)14-22(31)27-24-29-28-23(34-24)17-6-8-18(25)9-7-17/h3-13H,14H2,1-2H3,(H,27,29,31).